The number of hydrogen-bond donors (Lipinski definition) is 0. The van der Waals surface area contributed by atoms with Gasteiger partial charge in [0.25, 0.3) is 0 Å². The molecule has 0 aliphatic carbocycles. The number of carbonyl (C=O) groups excluding carboxylic acids is 1. The zero-order chi connectivity index (χ0) is 9.84. The molecule has 0 saturated heterocycles. The van der Waals surface area contributed by atoms with Crippen molar-refractivity contribution in [2.45, 2.75) is 18.2 Å². The predicted molar refractivity (Wildman–Crippen MR) is 60.3 cm³/mol. The molecule has 0 radical (unpaired) electrons. The second-order valence-corrected chi connectivity index (χ2v) is 4.57. The number of rotatable bonds is 3. The van der Waals surface area contributed by atoms with E-state index in [9.17, 15) is 4.79 Å². The molecule has 1 aromatic carbocycles. The molecule has 13 heavy (non-hydrogen) atoms. The molecule has 0 unspecified atom stereocenters. The van der Waals surface area contributed by atoms with Gasteiger partial charge in [-0.05, 0) is 36.9 Å². The number of hydrogen-bond acceptors (Lipinski definition) is 2. The SMILES string of the molecule is CSc1ccc(Br)c(CC(C)=O)c1. The van der Waals surface area contributed by atoms with Crippen LogP contribution in [0.4, 0.5) is 0 Å². The van der Waals surface area contributed by atoms with E-state index >= 15 is 0 Å². The highest BCUT2D eigenvalue weighted by molar-refractivity contribution is 9.10. The fourth-order valence-corrected chi connectivity index (χ4v) is 1.93. The molecule has 0 N–H and O–H groups in total. The minimum atomic E-state index is 0.193. The fraction of sp³-hybridized carbons (Fsp3) is 0.300. The van der Waals surface area contributed by atoms with Gasteiger partial charge in [0, 0.05) is 15.8 Å². The Kier molecular flexibility index (Phi) is 4.00. The zero-order valence-electron chi connectivity index (χ0n) is 7.63. The van der Waals surface area contributed by atoms with Crippen LogP contribution in [0.15, 0.2) is 27.6 Å². The summed E-state index contributed by atoms with van der Waals surface area (Å²) in [5.74, 6) is 0.193. The highest BCUT2D eigenvalue weighted by Gasteiger charge is 2.03. The van der Waals surface area contributed by atoms with Crippen molar-refractivity contribution in [1.29, 1.82) is 0 Å². The maximum atomic E-state index is 10.9. The molecule has 0 heterocycles. The molecule has 70 valence electrons. The Morgan fingerprint density at radius 2 is 2.23 bits per heavy atom. The molecule has 0 fully saturated rings. The van der Waals surface area contributed by atoms with Gasteiger partial charge in [0.15, 0.2) is 0 Å². The van der Waals surface area contributed by atoms with Crippen molar-refractivity contribution in [3.05, 3.63) is 28.2 Å². The summed E-state index contributed by atoms with van der Waals surface area (Å²) >= 11 is 5.11. The van der Waals surface area contributed by atoms with Crippen molar-refractivity contribution in [3.63, 3.8) is 0 Å². The molecule has 0 aromatic heterocycles. The third-order valence-electron chi connectivity index (χ3n) is 1.69. The van der Waals surface area contributed by atoms with E-state index in [4.69, 9.17) is 0 Å². The van der Waals surface area contributed by atoms with Crippen LogP contribution in [0.1, 0.15) is 12.5 Å². The minimum Gasteiger partial charge on any atom is -0.300 e. The van der Waals surface area contributed by atoms with Crippen molar-refractivity contribution in [2.75, 3.05) is 6.26 Å². The Bertz CT molecular complexity index is 323. The van der Waals surface area contributed by atoms with E-state index in [1.54, 1.807) is 18.7 Å². The van der Waals surface area contributed by atoms with Gasteiger partial charge in [-0.25, -0.2) is 0 Å². The number of thioether (sulfide) groups is 1. The third kappa shape index (κ3) is 3.16. The molecule has 0 atom stereocenters. The van der Waals surface area contributed by atoms with Crippen molar-refractivity contribution in [1.82, 2.24) is 0 Å². The Morgan fingerprint density at radius 3 is 2.77 bits per heavy atom. The standard InChI is InChI=1S/C10H11BrOS/c1-7(12)5-8-6-9(13-2)3-4-10(8)11/h3-4,6H,5H2,1-2H3. The first-order valence-corrected chi connectivity index (χ1v) is 5.97. The van der Waals surface area contributed by atoms with E-state index in [1.165, 1.54) is 4.90 Å². The van der Waals surface area contributed by atoms with Crippen LogP contribution < -0.4 is 0 Å². The molecule has 0 aliphatic rings. The van der Waals surface area contributed by atoms with Gasteiger partial charge in [0.1, 0.15) is 5.78 Å². The molecular weight excluding hydrogens is 248 g/mol. The largest absolute Gasteiger partial charge is 0.300 e. The Hall–Kier alpha value is -0.280. The smallest absolute Gasteiger partial charge is 0.134 e. The summed E-state index contributed by atoms with van der Waals surface area (Å²) in [6, 6.07) is 6.08. The van der Waals surface area contributed by atoms with E-state index in [1.807, 2.05) is 18.4 Å². The zero-order valence-corrected chi connectivity index (χ0v) is 10.0. The van der Waals surface area contributed by atoms with Crippen LogP contribution in [0.5, 0.6) is 0 Å². The number of Topliss-reactive ketones (excluding diaryl/α,β-unsaturated/α-hetero) is 1. The number of carbonyl (C=O) groups is 1. The minimum absolute atomic E-state index is 0.193. The quantitative estimate of drug-likeness (QED) is 0.775. The summed E-state index contributed by atoms with van der Waals surface area (Å²) < 4.78 is 1.01. The van der Waals surface area contributed by atoms with E-state index in [-0.39, 0.29) is 5.78 Å². The first kappa shape index (κ1) is 10.8. The number of halogens is 1. The number of ketones is 1. The van der Waals surface area contributed by atoms with Crippen LogP contribution in [-0.4, -0.2) is 12.0 Å². The second kappa shape index (κ2) is 4.82. The van der Waals surface area contributed by atoms with E-state index in [0.717, 1.165) is 10.0 Å². The Morgan fingerprint density at radius 1 is 1.54 bits per heavy atom. The average Bonchev–Trinajstić information content (AvgIpc) is 2.08. The highest BCUT2D eigenvalue weighted by Crippen LogP contribution is 2.23. The lowest BCUT2D eigenvalue weighted by molar-refractivity contribution is -0.116. The molecule has 0 saturated carbocycles. The van der Waals surface area contributed by atoms with Crippen molar-refractivity contribution >= 4 is 33.5 Å². The van der Waals surface area contributed by atoms with Gasteiger partial charge >= 0.3 is 0 Å². The monoisotopic (exact) mass is 258 g/mol. The van der Waals surface area contributed by atoms with Gasteiger partial charge in [-0.1, -0.05) is 15.9 Å². The Balaban J connectivity index is 2.96. The van der Waals surface area contributed by atoms with Gasteiger partial charge in [0.05, 0.1) is 0 Å². The van der Waals surface area contributed by atoms with Gasteiger partial charge in [0.2, 0.25) is 0 Å². The average molecular weight is 259 g/mol. The normalized spacial score (nSPS) is 10.1. The summed E-state index contributed by atoms with van der Waals surface area (Å²) in [4.78, 5) is 12.1. The van der Waals surface area contributed by atoms with Crippen LogP contribution >= 0.6 is 27.7 Å². The van der Waals surface area contributed by atoms with Crippen molar-refractivity contribution in [3.8, 4) is 0 Å². The molecule has 0 spiro atoms. The van der Waals surface area contributed by atoms with E-state index in [2.05, 4.69) is 22.0 Å². The highest BCUT2D eigenvalue weighted by atomic mass is 79.9. The molecule has 3 heteroatoms. The number of benzene rings is 1. The van der Waals surface area contributed by atoms with Gasteiger partial charge in [-0.2, -0.15) is 0 Å². The molecular formula is C10H11BrOS. The Labute approximate surface area is 91.0 Å². The topological polar surface area (TPSA) is 17.1 Å². The molecule has 1 rings (SSSR count). The maximum Gasteiger partial charge on any atom is 0.134 e. The fourth-order valence-electron chi connectivity index (χ4n) is 1.08. The molecule has 1 nitrogen and oxygen atoms in total. The lowest BCUT2D eigenvalue weighted by atomic mass is 10.1. The van der Waals surface area contributed by atoms with Gasteiger partial charge in [-0.3, -0.25) is 4.79 Å². The summed E-state index contributed by atoms with van der Waals surface area (Å²) in [6.07, 6.45) is 2.54. The van der Waals surface area contributed by atoms with Crippen LogP contribution in [0.25, 0.3) is 0 Å². The van der Waals surface area contributed by atoms with Crippen LogP contribution in [-0.2, 0) is 11.2 Å². The molecule has 0 amide bonds. The lowest BCUT2D eigenvalue weighted by Crippen LogP contribution is -1.97. The van der Waals surface area contributed by atoms with Crippen LogP contribution in [0, 0.1) is 0 Å². The van der Waals surface area contributed by atoms with Crippen LogP contribution in [0.3, 0.4) is 0 Å². The summed E-state index contributed by atoms with van der Waals surface area (Å²) in [7, 11) is 0. The lowest BCUT2D eigenvalue weighted by Gasteiger charge is -2.03. The van der Waals surface area contributed by atoms with E-state index in [0.29, 0.717) is 6.42 Å². The third-order valence-corrected chi connectivity index (χ3v) is 3.19. The summed E-state index contributed by atoms with van der Waals surface area (Å²) in [5.41, 5.74) is 1.07. The first-order chi connectivity index (χ1) is 6.13. The summed E-state index contributed by atoms with van der Waals surface area (Å²) in [6.45, 7) is 1.61. The second-order valence-electron chi connectivity index (χ2n) is 2.84. The van der Waals surface area contributed by atoms with Crippen LogP contribution in [0.2, 0.25) is 0 Å². The van der Waals surface area contributed by atoms with Crippen molar-refractivity contribution < 1.29 is 4.79 Å². The summed E-state index contributed by atoms with van der Waals surface area (Å²) in [5, 5.41) is 0. The van der Waals surface area contributed by atoms with Crippen molar-refractivity contribution in [2.24, 2.45) is 0 Å². The maximum absolute atomic E-state index is 10.9. The predicted octanol–water partition coefficient (Wildman–Crippen LogP) is 3.30. The van der Waals surface area contributed by atoms with Gasteiger partial charge in [-0.15, -0.1) is 11.8 Å². The molecule has 0 bridgehead atoms. The van der Waals surface area contributed by atoms with Gasteiger partial charge < -0.3 is 0 Å². The first-order valence-electron chi connectivity index (χ1n) is 3.95. The molecule has 0 aliphatic heterocycles. The van der Waals surface area contributed by atoms with E-state index < -0.39 is 0 Å². The molecule has 1 aromatic rings.